The Labute approximate surface area is 113 Å². The minimum absolute atomic E-state index is 0.0337. The SMILES string of the molecule is NC(=NO)c1ccnc(Sc2ncccc2Cl)c1. The fourth-order valence-electron chi connectivity index (χ4n) is 1.23. The number of pyridine rings is 2. The van der Waals surface area contributed by atoms with Crippen molar-refractivity contribution in [3.8, 4) is 0 Å². The molecule has 0 aliphatic heterocycles. The molecule has 2 rings (SSSR count). The predicted molar refractivity (Wildman–Crippen MR) is 70.1 cm³/mol. The predicted octanol–water partition coefficient (Wildman–Crippen LogP) is 2.38. The van der Waals surface area contributed by atoms with Crippen molar-refractivity contribution in [3.63, 3.8) is 0 Å². The maximum Gasteiger partial charge on any atom is 0.170 e. The van der Waals surface area contributed by atoms with E-state index in [0.717, 1.165) is 0 Å². The number of nitrogens with zero attached hydrogens (tertiary/aromatic N) is 3. The Bertz CT molecular complexity index is 591. The molecule has 3 N–H and O–H groups in total. The number of nitrogens with two attached hydrogens (primary N) is 1. The van der Waals surface area contributed by atoms with Crippen LogP contribution in [-0.2, 0) is 0 Å². The smallest absolute Gasteiger partial charge is 0.170 e. The first kappa shape index (κ1) is 12.7. The second-order valence-electron chi connectivity index (χ2n) is 3.26. The standard InChI is InChI=1S/C11H9ClN4OS/c12-8-2-1-4-15-11(8)18-9-6-7(3-5-14-9)10(13)16-17/h1-6,17H,(H2,13,16). The number of rotatable bonds is 3. The highest BCUT2D eigenvalue weighted by Crippen LogP contribution is 2.29. The molecule has 0 fully saturated rings. The zero-order chi connectivity index (χ0) is 13.0. The van der Waals surface area contributed by atoms with Gasteiger partial charge in [-0.3, -0.25) is 0 Å². The molecule has 0 atom stereocenters. The van der Waals surface area contributed by atoms with Crippen LogP contribution in [0, 0.1) is 0 Å². The van der Waals surface area contributed by atoms with Gasteiger partial charge < -0.3 is 10.9 Å². The van der Waals surface area contributed by atoms with Gasteiger partial charge in [-0.25, -0.2) is 9.97 Å². The average molecular weight is 281 g/mol. The van der Waals surface area contributed by atoms with Crippen molar-refractivity contribution in [3.05, 3.63) is 47.2 Å². The van der Waals surface area contributed by atoms with Gasteiger partial charge in [0.15, 0.2) is 5.84 Å². The Kier molecular flexibility index (Phi) is 4.01. The summed E-state index contributed by atoms with van der Waals surface area (Å²) in [4.78, 5) is 8.31. The normalized spacial score (nSPS) is 11.5. The molecule has 0 aliphatic carbocycles. The van der Waals surface area contributed by atoms with E-state index in [0.29, 0.717) is 20.6 Å². The summed E-state index contributed by atoms with van der Waals surface area (Å²) in [5.41, 5.74) is 6.09. The quantitative estimate of drug-likeness (QED) is 0.390. The lowest BCUT2D eigenvalue weighted by Gasteiger charge is -2.03. The molecule has 0 amide bonds. The van der Waals surface area contributed by atoms with E-state index >= 15 is 0 Å². The summed E-state index contributed by atoms with van der Waals surface area (Å²) in [6.45, 7) is 0. The molecule has 92 valence electrons. The second-order valence-corrected chi connectivity index (χ2v) is 4.68. The molecule has 2 aromatic rings. The largest absolute Gasteiger partial charge is 0.409 e. The summed E-state index contributed by atoms with van der Waals surface area (Å²) < 4.78 is 0. The summed E-state index contributed by atoms with van der Waals surface area (Å²) in [6, 6.07) is 6.86. The maximum absolute atomic E-state index is 8.62. The zero-order valence-electron chi connectivity index (χ0n) is 9.12. The summed E-state index contributed by atoms with van der Waals surface area (Å²) in [7, 11) is 0. The van der Waals surface area contributed by atoms with E-state index in [1.165, 1.54) is 11.8 Å². The van der Waals surface area contributed by atoms with Crippen LogP contribution >= 0.6 is 23.4 Å². The molecule has 2 aromatic heterocycles. The van der Waals surface area contributed by atoms with Crippen LogP contribution in [0.15, 0.2) is 51.9 Å². The summed E-state index contributed by atoms with van der Waals surface area (Å²) in [5.74, 6) is 0.0337. The fraction of sp³-hybridized carbons (Fsp3) is 0. The number of amidine groups is 1. The van der Waals surface area contributed by atoms with Crippen LogP contribution in [0.3, 0.4) is 0 Å². The molecule has 18 heavy (non-hydrogen) atoms. The third-order valence-corrected chi connectivity index (χ3v) is 3.43. The summed E-state index contributed by atoms with van der Waals surface area (Å²) >= 11 is 7.31. The Morgan fingerprint density at radius 1 is 1.33 bits per heavy atom. The van der Waals surface area contributed by atoms with Gasteiger partial charge in [-0.05, 0) is 36.0 Å². The lowest BCUT2D eigenvalue weighted by atomic mass is 10.2. The topological polar surface area (TPSA) is 84.4 Å². The molecule has 5 nitrogen and oxygen atoms in total. The summed E-state index contributed by atoms with van der Waals surface area (Å²) in [5, 5.41) is 13.4. The summed E-state index contributed by atoms with van der Waals surface area (Å²) in [6.07, 6.45) is 3.23. The van der Waals surface area contributed by atoms with Crippen LogP contribution in [0.1, 0.15) is 5.56 Å². The van der Waals surface area contributed by atoms with Gasteiger partial charge in [0, 0.05) is 18.0 Å². The second kappa shape index (κ2) is 5.70. The molecule has 2 heterocycles. The van der Waals surface area contributed by atoms with E-state index < -0.39 is 0 Å². The molecule has 0 bridgehead atoms. The molecule has 0 saturated carbocycles. The highest BCUT2D eigenvalue weighted by molar-refractivity contribution is 7.99. The zero-order valence-corrected chi connectivity index (χ0v) is 10.7. The Morgan fingerprint density at radius 3 is 2.89 bits per heavy atom. The van der Waals surface area contributed by atoms with Gasteiger partial charge in [0.25, 0.3) is 0 Å². The first-order valence-electron chi connectivity index (χ1n) is 4.93. The Balaban J connectivity index is 2.28. The van der Waals surface area contributed by atoms with E-state index in [1.54, 1.807) is 36.7 Å². The number of hydrogen-bond donors (Lipinski definition) is 2. The lowest BCUT2D eigenvalue weighted by Crippen LogP contribution is -2.13. The van der Waals surface area contributed by atoms with Gasteiger partial charge in [0.1, 0.15) is 10.1 Å². The minimum Gasteiger partial charge on any atom is -0.409 e. The van der Waals surface area contributed by atoms with E-state index in [9.17, 15) is 0 Å². The first-order valence-corrected chi connectivity index (χ1v) is 6.12. The molecular formula is C11H9ClN4OS. The first-order chi connectivity index (χ1) is 8.70. The molecule has 7 heteroatoms. The fourth-order valence-corrected chi connectivity index (χ4v) is 2.24. The highest BCUT2D eigenvalue weighted by atomic mass is 35.5. The van der Waals surface area contributed by atoms with E-state index in [1.807, 2.05) is 0 Å². The minimum atomic E-state index is 0.0337. The number of aromatic nitrogens is 2. The van der Waals surface area contributed by atoms with Gasteiger partial charge in [0.05, 0.1) is 5.02 Å². The molecular weight excluding hydrogens is 272 g/mol. The molecule has 0 aliphatic rings. The number of hydrogen-bond acceptors (Lipinski definition) is 5. The monoisotopic (exact) mass is 280 g/mol. The number of halogens is 1. The maximum atomic E-state index is 8.62. The molecule has 0 radical (unpaired) electrons. The Morgan fingerprint density at radius 2 is 2.17 bits per heavy atom. The van der Waals surface area contributed by atoms with Crippen LogP contribution in [0.5, 0.6) is 0 Å². The van der Waals surface area contributed by atoms with Gasteiger partial charge in [0.2, 0.25) is 0 Å². The highest BCUT2D eigenvalue weighted by Gasteiger charge is 2.07. The van der Waals surface area contributed by atoms with Crippen LogP contribution in [-0.4, -0.2) is 21.0 Å². The Hall–Kier alpha value is -1.79. The van der Waals surface area contributed by atoms with Crippen molar-refractivity contribution in [2.24, 2.45) is 10.9 Å². The van der Waals surface area contributed by atoms with Crippen molar-refractivity contribution in [2.75, 3.05) is 0 Å². The van der Waals surface area contributed by atoms with Crippen molar-refractivity contribution >= 4 is 29.2 Å². The number of oxime groups is 1. The van der Waals surface area contributed by atoms with Gasteiger partial charge >= 0.3 is 0 Å². The molecule has 0 saturated heterocycles. The van der Waals surface area contributed by atoms with Crippen LogP contribution in [0.25, 0.3) is 0 Å². The third-order valence-electron chi connectivity index (χ3n) is 2.06. The van der Waals surface area contributed by atoms with E-state index in [2.05, 4.69) is 15.1 Å². The van der Waals surface area contributed by atoms with Crippen LogP contribution < -0.4 is 5.73 Å². The molecule has 0 spiro atoms. The molecule has 0 aromatic carbocycles. The third kappa shape index (κ3) is 2.91. The lowest BCUT2D eigenvalue weighted by molar-refractivity contribution is 0.318. The van der Waals surface area contributed by atoms with Crippen molar-refractivity contribution < 1.29 is 5.21 Å². The van der Waals surface area contributed by atoms with Gasteiger partial charge in [-0.15, -0.1) is 0 Å². The van der Waals surface area contributed by atoms with Gasteiger partial charge in [-0.1, -0.05) is 16.8 Å². The average Bonchev–Trinajstić information content (AvgIpc) is 2.41. The van der Waals surface area contributed by atoms with Crippen molar-refractivity contribution in [1.29, 1.82) is 0 Å². The van der Waals surface area contributed by atoms with Crippen LogP contribution in [0.4, 0.5) is 0 Å². The van der Waals surface area contributed by atoms with Crippen molar-refractivity contribution in [2.45, 2.75) is 10.1 Å². The van der Waals surface area contributed by atoms with Crippen molar-refractivity contribution in [1.82, 2.24) is 9.97 Å². The van der Waals surface area contributed by atoms with Gasteiger partial charge in [-0.2, -0.15) is 0 Å². The van der Waals surface area contributed by atoms with E-state index in [4.69, 9.17) is 22.5 Å². The molecule has 0 unspecified atom stereocenters. The van der Waals surface area contributed by atoms with E-state index in [-0.39, 0.29) is 5.84 Å². The van der Waals surface area contributed by atoms with Crippen LogP contribution in [0.2, 0.25) is 5.02 Å².